The summed E-state index contributed by atoms with van der Waals surface area (Å²) in [7, 11) is 0. The zero-order valence-corrected chi connectivity index (χ0v) is 8.92. The van der Waals surface area contributed by atoms with Crippen LogP contribution in [-0.4, -0.2) is 0 Å². The summed E-state index contributed by atoms with van der Waals surface area (Å²) in [6.07, 6.45) is 0. The maximum atomic E-state index is 3.11. The first-order valence-corrected chi connectivity index (χ1v) is 5.70. The summed E-state index contributed by atoms with van der Waals surface area (Å²) in [5.41, 5.74) is 1.29. The highest BCUT2D eigenvalue weighted by molar-refractivity contribution is 7.22. The van der Waals surface area contributed by atoms with Gasteiger partial charge in [-0.05, 0) is 29.1 Å². The Morgan fingerprint density at radius 1 is 1.00 bits per heavy atom. The van der Waals surface area contributed by atoms with E-state index in [1.54, 1.807) is 0 Å². The first-order valence-electron chi connectivity index (χ1n) is 4.88. The molecule has 0 amide bonds. The molecular formula is C14H9S. The molecule has 2 aromatic carbocycles. The van der Waals surface area contributed by atoms with E-state index in [0.717, 1.165) is 0 Å². The van der Waals surface area contributed by atoms with Crippen molar-refractivity contribution < 1.29 is 0 Å². The molecule has 3 rings (SSSR count). The van der Waals surface area contributed by atoms with Gasteiger partial charge in [0.1, 0.15) is 0 Å². The van der Waals surface area contributed by atoms with E-state index in [9.17, 15) is 0 Å². The zero-order valence-electron chi connectivity index (χ0n) is 8.10. The second-order valence-corrected chi connectivity index (χ2v) is 4.52. The second kappa shape index (κ2) is 3.52. The highest BCUT2D eigenvalue weighted by atomic mass is 32.1. The van der Waals surface area contributed by atoms with Gasteiger partial charge in [0.2, 0.25) is 0 Å². The van der Waals surface area contributed by atoms with Crippen LogP contribution in [-0.2, 0) is 0 Å². The Labute approximate surface area is 92.8 Å². The van der Waals surface area contributed by atoms with E-state index in [2.05, 4.69) is 42.5 Å². The Morgan fingerprint density at radius 3 is 2.67 bits per heavy atom. The van der Waals surface area contributed by atoms with Crippen LogP contribution < -0.4 is 0 Å². The monoisotopic (exact) mass is 209 g/mol. The van der Waals surface area contributed by atoms with Gasteiger partial charge in [-0.1, -0.05) is 42.5 Å². The number of rotatable bonds is 1. The number of hydrogen-bond donors (Lipinski definition) is 0. The van der Waals surface area contributed by atoms with Crippen molar-refractivity contribution in [1.29, 1.82) is 0 Å². The van der Waals surface area contributed by atoms with E-state index in [1.165, 1.54) is 20.5 Å². The van der Waals surface area contributed by atoms with Crippen LogP contribution >= 0.6 is 11.3 Å². The van der Waals surface area contributed by atoms with Gasteiger partial charge in [-0.2, -0.15) is 0 Å². The van der Waals surface area contributed by atoms with Crippen molar-refractivity contribution in [2.24, 2.45) is 0 Å². The first-order chi connectivity index (χ1) is 7.43. The van der Waals surface area contributed by atoms with Crippen LogP contribution in [0.4, 0.5) is 0 Å². The third kappa shape index (κ3) is 1.55. The van der Waals surface area contributed by atoms with Gasteiger partial charge in [0.25, 0.3) is 0 Å². The molecule has 0 atom stereocenters. The molecule has 0 aliphatic carbocycles. The Kier molecular flexibility index (Phi) is 2.04. The highest BCUT2D eigenvalue weighted by Crippen LogP contribution is 2.32. The van der Waals surface area contributed by atoms with Crippen molar-refractivity contribution in [3.8, 4) is 10.4 Å². The van der Waals surface area contributed by atoms with Crippen molar-refractivity contribution in [1.82, 2.24) is 0 Å². The summed E-state index contributed by atoms with van der Waals surface area (Å²) < 4.78 is 1.30. The summed E-state index contributed by atoms with van der Waals surface area (Å²) in [5, 5.41) is 1.30. The minimum Gasteiger partial charge on any atom is -0.135 e. The molecule has 3 aromatic rings. The van der Waals surface area contributed by atoms with E-state index in [0.29, 0.717) is 0 Å². The average Bonchev–Trinajstić information content (AvgIpc) is 2.74. The first kappa shape index (κ1) is 8.69. The molecule has 15 heavy (non-hydrogen) atoms. The average molecular weight is 209 g/mol. The van der Waals surface area contributed by atoms with Crippen LogP contribution in [0.5, 0.6) is 0 Å². The molecule has 0 bridgehead atoms. The van der Waals surface area contributed by atoms with Crippen LogP contribution in [0.3, 0.4) is 0 Å². The van der Waals surface area contributed by atoms with Gasteiger partial charge in [0.05, 0.1) is 0 Å². The minimum atomic E-state index is 1.29. The zero-order chi connectivity index (χ0) is 10.1. The van der Waals surface area contributed by atoms with Gasteiger partial charge in [-0.3, -0.25) is 0 Å². The second-order valence-electron chi connectivity index (χ2n) is 3.44. The highest BCUT2D eigenvalue weighted by Gasteiger charge is 2.02. The van der Waals surface area contributed by atoms with Crippen LogP contribution in [0.1, 0.15) is 0 Å². The van der Waals surface area contributed by atoms with Crippen molar-refractivity contribution in [3.05, 3.63) is 60.7 Å². The number of fused-ring (bicyclic) bond motifs is 1. The van der Waals surface area contributed by atoms with Gasteiger partial charge >= 0.3 is 0 Å². The number of hydrogen-bond acceptors (Lipinski definition) is 1. The van der Waals surface area contributed by atoms with Crippen molar-refractivity contribution in [3.63, 3.8) is 0 Å². The summed E-state index contributed by atoms with van der Waals surface area (Å²) >= 11 is 1.82. The van der Waals surface area contributed by atoms with Gasteiger partial charge in [-0.15, -0.1) is 11.3 Å². The molecular weight excluding hydrogens is 200 g/mol. The lowest BCUT2D eigenvalue weighted by Crippen LogP contribution is -1.67. The molecule has 0 saturated carbocycles. The van der Waals surface area contributed by atoms with Crippen molar-refractivity contribution in [2.45, 2.75) is 0 Å². The molecule has 1 aromatic heterocycles. The Hall–Kier alpha value is -1.60. The van der Waals surface area contributed by atoms with E-state index in [4.69, 9.17) is 0 Å². The van der Waals surface area contributed by atoms with Crippen LogP contribution in [0.25, 0.3) is 20.5 Å². The molecule has 0 aliphatic rings. The maximum absolute atomic E-state index is 3.11. The molecule has 0 spiro atoms. The fourth-order valence-electron chi connectivity index (χ4n) is 1.67. The SMILES string of the molecule is [c]1ccc2cc(-c3ccccc3)sc2c1. The third-order valence-electron chi connectivity index (χ3n) is 2.42. The molecule has 0 saturated heterocycles. The smallest absolute Gasteiger partial charge is 0.0355 e. The van der Waals surface area contributed by atoms with Gasteiger partial charge in [0, 0.05) is 9.58 Å². The Morgan fingerprint density at radius 2 is 1.87 bits per heavy atom. The maximum Gasteiger partial charge on any atom is 0.0355 e. The lowest BCUT2D eigenvalue weighted by atomic mass is 10.2. The molecule has 1 heteroatoms. The predicted molar refractivity (Wildman–Crippen MR) is 66.1 cm³/mol. The fraction of sp³-hybridized carbons (Fsp3) is 0. The Balaban J connectivity index is 2.21. The summed E-state index contributed by atoms with van der Waals surface area (Å²) in [5.74, 6) is 0. The van der Waals surface area contributed by atoms with E-state index < -0.39 is 0 Å². The van der Waals surface area contributed by atoms with E-state index >= 15 is 0 Å². The van der Waals surface area contributed by atoms with Crippen LogP contribution in [0, 0.1) is 6.07 Å². The molecule has 1 heterocycles. The normalized spacial score (nSPS) is 10.7. The molecule has 1 radical (unpaired) electrons. The lowest BCUT2D eigenvalue weighted by molar-refractivity contribution is 1.70. The van der Waals surface area contributed by atoms with E-state index in [1.807, 2.05) is 29.5 Å². The van der Waals surface area contributed by atoms with Gasteiger partial charge < -0.3 is 0 Å². The van der Waals surface area contributed by atoms with Crippen molar-refractivity contribution in [2.75, 3.05) is 0 Å². The Bertz CT molecular complexity index is 545. The quantitative estimate of drug-likeness (QED) is 0.558. The van der Waals surface area contributed by atoms with Crippen molar-refractivity contribution >= 4 is 21.4 Å². The minimum absolute atomic E-state index is 1.29. The molecule has 0 fully saturated rings. The van der Waals surface area contributed by atoms with E-state index in [-0.39, 0.29) is 0 Å². The lowest BCUT2D eigenvalue weighted by Gasteiger charge is -1.93. The van der Waals surface area contributed by atoms with Gasteiger partial charge in [0.15, 0.2) is 0 Å². The summed E-state index contributed by atoms with van der Waals surface area (Å²) in [6.45, 7) is 0. The summed E-state index contributed by atoms with van der Waals surface area (Å²) in [4.78, 5) is 1.32. The molecule has 0 N–H and O–H groups in total. The van der Waals surface area contributed by atoms with Gasteiger partial charge in [-0.25, -0.2) is 0 Å². The third-order valence-corrected chi connectivity index (χ3v) is 3.57. The molecule has 0 nitrogen and oxygen atoms in total. The molecule has 0 unspecified atom stereocenters. The van der Waals surface area contributed by atoms with Crippen LogP contribution in [0.15, 0.2) is 54.6 Å². The summed E-state index contributed by atoms with van der Waals surface area (Å²) in [6, 6.07) is 22.0. The van der Waals surface area contributed by atoms with Crippen LogP contribution in [0.2, 0.25) is 0 Å². The predicted octanol–water partition coefficient (Wildman–Crippen LogP) is 4.37. The molecule has 71 valence electrons. The topological polar surface area (TPSA) is 0 Å². The fourth-order valence-corrected chi connectivity index (χ4v) is 2.72. The number of thiophene rings is 1. The number of benzene rings is 2. The standard InChI is InChI=1S/C14H9S/c1-2-6-11(7-3-1)14-10-12-8-4-5-9-13(12)15-14/h1-4,6-10H. The largest absolute Gasteiger partial charge is 0.135 e. The molecule has 0 aliphatic heterocycles.